The van der Waals surface area contributed by atoms with E-state index >= 15 is 0 Å². The lowest BCUT2D eigenvalue weighted by Gasteiger charge is -2.35. The van der Waals surface area contributed by atoms with Crippen molar-refractivity contribution in [3.05, 3.63) is 53.2 Å². The second kappa shape index (κ2) is 7.75. The van der Waals surface area contributed by atoms with E-state index < -0.39 is 0 Å². The molecule has 1 aliphatic rings. The van der Waals surface area contributed by atoms with Crippen LogP contribution in [-0.4, -0.2) is 47.2 Å². The van der Waals surface area contributed by atoms with Gasteiger partial charge in [0.25, 0.3) is 0 Å². The summed E-state index contributed by atoms with van der Waals surface area (Å²) in [6.45, 7) is 4.92. The summed E-state index contributed by atoms with van der Waals surface area (Å²) in [4.78, 5) is 16.5. The lowest BCUT2D eigenvalue weighted by atomic mass is 10.1. The average molecular weight is 335 g/mol. The fourth-order valence-electron chi connectivity index (χ4n) is 2.92. The summed E-state index contributed by atoms with van der Waals surface area (Å²) in [6, 6.07) is 13.7. The molecule has 1 aromatic carbocycles. The fourth-order valence-corrected chi connectivity index (χ4v) is 2.92. The molecule has 0 saturated carbocycles. The molecule has 1 saturated heterocycles. The van der Waals surface area contributed by atoms with E-state index in [0.717, 1.165) is 30.9 Å². The molecule has 0 radical (unpaired) electrons. The van der Waals surface area contributed by atoms with Gasteiger partial charge in [-0.3, -0.25) is 4.79 Å². The monoisotopic (exact) mass is 335 g/mol. The highest BCUT2D eigenvalue weighted by Gasteiger charge is 2.22. The number of piperazine rings is 1. The quantitative estimate of drug-likeness (QED) is 0.852. The van der Waals surface area contributed by atoms with Crippen LogP contribution < -0.4 is 4.90 Å². The number of carbonyl (C=O) groups is 1. The lowest BCUT2D eigenvalue weighted by Crippen LogP contribution is -2.49. The van der Waals surface area contributed by atoms with Crippen molar-refractivity contribution in [3.63, 3.8) is 0 Å². The highest BCUT2D eigenvalue weighted by Crippen LogP contribution is 2.14. The molecule has 0 bridgehead atoms. The van der Waals surface area contributed by atoms with Crippen LogP contribution in [0.25, 0.3) is 0 Å². The van der Waals surface area contributed by atoms with Gasteiger partial charge in [-0.2, -0.15) is 5.26 Å². The number of hydrogen-bond acceptors (Lipinski definition) is 5. The number of nitriles is 1. The summed E-state index contributed by atoms with van der Waals surface area (Å²) in [6.07, 6.45) is 1.45. The number of amides is 1. The van der Waals surface area contributed by atoms with E-state index in [4.69, 9.17) is 5.26 Å². The van der Waals surface area contributed by atoms with Crippen LogP contribution in [-0.2, 0) is 17.6 Å². The third kappa shape index (κ3) is 4.13. The van der Waals surface area contributed by atoms with Crippen LogP contribution in [0.1, 0.15) is 23.7 Å². The zero-order valence-electron chi connectivity index (χ0n) is 14.4. The summed E-state index contributed by atoms with van der Waals surface area (Å²) in [7, 11) is 0. The highest BCUT2D eigenvalue weighted by atomic mass is 16.2. The number of rotatable bonds is 4. The van der Waals surface area contributed by atoms with Gasteiger partial charge in [0, 0.05) is 26.2 Å². The minimum Gasteiger partial charge on any atom is -0.352 e. The Labute approximate surface area is 147 Å². The van der Waals surface area contributed by atoms with Crippen molar-refractivity contribution in [2.75, 3.05) is 31.1 Å². The van der Waals surface area contributed by atoms with Crippen molar-refractivity contribution < 1.29 is 4.79 Å². The van der Waals surface area contributed by atoms with E-state index in [1.165, 1.54) is 5.56 Å². The summed E-state index contributed by atoms with van der Waals surface area (Å²) < 4.78 is 0. The minimum absolute atomic E-state index is 0.162. The van der Waals surface area contributed by atoms with Gasteiger partial charge in [0.2, 0.25) is 5.91 Å². The Bertz CT molecular complexity index is 756. The number of nitrogens with zero attached hydrogens (tertiary/aromatic N) is 5. The number of hydrogen-bond donors (Lipinski definition) is 0. The van der Waals surface area contributed by atoms with Crippen LogP contribution in [0, 0.1) is 11.3 Å². The van der Waals surface area contributed by atoms with Gasteiger partial charge in [0.15, 0.2) is 11.5 Å². The Morgan fingerprint density at radius 2 is 1.72 bits per heavy atom. The SMILES string of the molecule is CCc1ccc(CC(=O)N2CCN(c3ccc(C#N)nn3)CC2)cc1. The first-order valence-corrected chi connectivity index (χ1v) is 8.54. The molecule has 25 heavy (non-hydrogen) atoms. The first-order valence-electron chi connectivity index (χ1n) is 8.54. The molecule has 1 aromatic heterocycles. The number of benzene rings is 1. The molecule has 0 unspecified atom stereocenters. The molecule has 0 aliphatic carbocycles. The van der Waals surface area contributed by atoms with Crippen LogP contribution in [0.2, 0.25) is 0 Å². The Morgan fingerprint density at radius 3 is 2.28 bits per heavy atom. The third-order valence-corrected chi connectivity index (χ3v) is 4.51. The van der Waals surface area contributed by atoms with Crippen LogP contribution in [0.4, 0.5) is 5.82 Å². The van der Waals surface area contributed by atoms with E-state index in [1.54, 1.807) is 12.1 Å². The van der Waals surface area contributed by atoms with Crippen molar-refractivity contribution in [2.24, 2.45) is 0 Å². The van der Waals surface area contributed by atoms with E-state index in [1.807, 2.05) is 23.1 Å². The Kier molecular flexibility index (Phi) is 5.24. The van der Waals surface area contributed by atoms with Gasteiger partial charge >= 0.3 is 0 Å². The van der Waals surface area contributed by atoms with Gasteiger partial charge in [-0.1, -0.05) is 31.2 Å². The molecular weight excluding hydrogens is 314 g/mol. The zero-order valence-corrected chi connectivity index (χ0v) is 14.4. The molecule has 3 rings (SSSR count). The number of carbonyl (C=O) groups excluding carboxylic acids is 1. The van der Waals surface area contributed by atoms with E-state index in [2.05, 4.69) is 34.2 Å². The maximum atomic E-state index is 12.5. The predicted octanol–water partition coefficient (Wildman–Crippen LogP) is 1.80. The van der Waals surface area contributed by atoms with Gasteiger partial charge in [0.1, 0.15) is 6.07 Å². The molecule has 0 atom stereocenters. The van der Waals surface area contributed by atoms with Crippen molar-refractivity contribution in [2.45, 2.75) is 19.8 Å². The zero-order chi connectivity index (χ0) is 17.6. The molecule has 0 spiro atoms. The number of anilines is 1. The van der Waals surface area contributed by atoms with E-state index in [9.17, 15) is 4.79 Å². The molecule has 6 heteroatoms. The average Bonchev–Trinajstić information content (AvgIpc) is 2.69. The molecule has 2 aromatic rings. The van der Waals surface area contributed by atoms with Gasteiger partial charge in [-0.15, -0.1) is 10.2 Å². The third-order valence-electron chi connectivity index (χ3n) is 4.51. The molecule has 2 heterocycles. The second-order valence-electron chi connectivity index (χ2n) is 6.10. The van der Waals surface area contributed by atoms with E-state index in [-0.39, 0.29) is 5.91 Å². The maximum Gasteiger partial charge on any atom is 0.227 e. The Morgan fingerprint density at radius 1 is 1.04 bits per heavy atom. The Hall–Kier alpha value is -2.94. The fraction of sp³-hybridized carbons (Fsp3) is 0.368. The van der Waals surface area contributed by atoms with Crippen LogP contribution in [0.5, 0.6) is 0 Å². The summed E-state index contributed by atoms with van der Waals surface area (Å²) in [5, 5.41) is 16.7. The Balaban J connectivity index is 1.53. The van der Waals surface area contributed by atoms with Crippen molar-refractivity contribution >= 4 is 11.7 Å². The highest BCUT2D eigenvalue weighted by molar-refractivity contribution is 5.79. The van der Waals surface area contributed by atoms with Crippen molar-refractivity contribution in [1.82, 2.24) is 15.1 Å². The van der Waals surface area contributed by atoms with Gasteiger partial charge in [-0.05, 0) is 29.7 Å². The predicted molar refractivity (Wildman–Crippen MR) is 95.1 cm³/mol. The van der Waals surface area contributed by atoms with Gasteiger partial charge in [-0.25, -0.2) is 0 Å². The van der Waals surface area contributed by atoms with Gasteiger partial charge < -0.3 is 9.80 Å². The summed E-state index contributed by atoms with van der Waals surface area (Å²) in [5.74, 6) is 0.913. The standard InChI is InChI=1S/C19H21N5O/c1-2-15-3-5-16(6-4-15)13-19(25)24-11-9-23(10-12-24)18-8-7-17(14-20)21-22-18/h3-8H,2,9-13H2,1H3. The molecule has 128 valence electrons. The number of aromatic nitrogens is 2. The van der Waals surface area contributed by atoms with E-state index in [0.29, 0.717) is 25.2 Å². The molecule has 0 N–H and O–H groups in total. The second-order valence-corrected chi connectivity index (χ2v) is 6.10. The van der Waals surface area contributed by atoms with Crippen LogP contribution in [0.3, 0.4) is 0 Å². The summed E-state index contributed by atoms with van der Waals surface area (Å²) in [5.41, 5.74) is 2.66. The maximum absolute atomic E-state index is 12.5. The van der Waals surface area contributed by atoms with Crippen molar-refractivity contribution in [3.8, 4) is 6.07 Å². The molecule has 6 nitrogen and oxygen atoms in total. The lowest BCUT2D eigenvalue weighted by molar-refractivity contribution is -0.130. The van der Waals surface area contributed by atoms with Crippen LogP contribution >= 0.6 is 0 Å². The normalized spacial score (nSPS) is 14.2. The molecule has 1 amide bonds. The topological polar surface area (TPSA) is 73.1 Å². The van der Waals surface area contributed by atoms with Gasteiger partial charge in [0.05, 0.1) is 6.42 Å². The smallest absolute Gasteiger partial charge is 0.227 e. The molecule has 1 fully saturated rings. The first kappa shape index (κ1) is 16.9. The van der Waals surface area contributed by atoms with Crippen LogP contribution in [0.15, 0.2) is 36.4 Å². The molecule has 1 aliphatic heterocycles. The molecular formula is C19H21N5O. The van der Waals surface area contributed by atoms with Crippen molar-refractivity contribution in [1.29, 1.82) is 5.26 Å². The first-order chi connectivity index (χ1) is 12.2. The minimum atomic E-state index is 0.162. The summed E-state index contributed by atoms with van der Waals surface area (Å²) >= 11 is 0. The number of aryl methyl sites for hydroxylation is 1. The largest absolute Gasteiger partial charge is 0.352 e.